The van der Waals surface area contributed by atoms with Gasteiger partial charge in [-0.1, -0.05) is 0 Å². The van der Waals surface area contributed by atoms with Crippen LogP contribution in [-0.4, -0.2) is 27.9 Å². The van der Waals surface area contributed by atoms with Crippen LogP contribution < -0.4 is 4.74 Å². The third kappa shape index (κ3) is 2.63. The van der Waals surface area contributed by atoms with Gasteiger partial charge in [0.15, 0.2) is 6.61 Å². The van der Waals surface area contributed by atoms with Gasteiger partial charge >= 0.3 is 5.97 Å². The first-order valence-electron chi connectivity index (χ1n) is 3.91. The standard InChI is InChI=1S/C9H10O5/c10-4-6-3-7(1-2-8(6)11)14-5-9(12)13/h1-3,10-11H,4-5H2,(H,12,13). The van der Waals surface area contributed by atoms with Crippen molar-refractivity contribution in [2.75, 3.05) is 6.61 Å². The summed E-state index contributed by atoms with van der Waals surface area (Å²) in [6.45, 7) is -0.772. The van der Waals surface area contributed by atoms with E-state index in [9.17, 15) is 9.90 Å². The minimum Gasteiger partial charge on any atom is -0.508 e. The van der Waals surface area contributed by atoms with Crippen LogP contribution in [0.2, 0.25) is 0 Å². The molecule has 14 heavy (non-hydrogen) atoms. The molecule has 0 unspecified atom stereocenters. The minimum absolute atomic E-state index is 0.0461. The Hall–Kier alpha value is -1.75. The van der Waals surface area contributed by atoms with Gasteiger partial charge in [-0.25, -0.2) is 4.79 Å². The van der Waals surface area contributed by atoms with Crippen molar-refractivity contribution in [1.29, 1.82) is 0 Å². The maximum atomic E-state index is 10.2. The van der Waals surface area contributed by atoms with Gasteiger partial charge in [-0.15, -0.1) is 0 Å². The van der Waals surface area contributed by atoms with Crippen LogP contribution in [0.15, 0.2) is 18.2 Å². The normalized spacial score (nSPS) is 9.79. The van der Waals surface area contributed by atoms with Crippen molar-refractivity contribution in [3.63, 3.8) is 0 Å². The average molecular weight is 198 g/mol. The summed E-state index contributed by atoms with van der Waals surface area (Å²) in [6.07, 6.45) is 0. The SMILES string of the molecule is O=C(O)COc1ccc(O)c(CO)c1. The van der Waals surface area contributed by atoms with E-state index in [1.165, 1.54) is 18.2 Å². The second kappa shape index (κ2) is 4.48. The topological polar surface area (TPSA) is 87.0 Å². The number of aromatic hydroxyl groups is 1. The molecule has 1 aromatic carbocycles. The third-order valence-corrected chi connectivity index (χ3v) is 1.58. The first-order valence-corrected chi connectivity index (χ1v) is 3.91. The largest absolute Gasteiger partial charge is 0.508 e. The zero-order valence-corrected chi connectivity index (χ0v) is 7.30. The van der Waals surface area contributed by atoms with E-state index in [2.05, 4.69) is 0 Å². The Morgan fingerprint density at radius 3 is 2.71 bits per heavy atom. The Balaban J connectivity index is 2.74. The zero-order valence-electron chi connectivity index (χ0n) is 7.30. The van der Waals surface area contributed by atoms with Crippen molar-refractivity contribution in [2.45, 2.75) is 6.61 Å². The molecule has 0 radical (unpaired) electrons. The number of rotatable bonds is 4. The Morgan fingerprint density at radius 2 is 2.14 bits per heavy atom. The lowest BCUT2D eigenvalue weighted by Crippen LogP contribution is -2.09. The molecule has 0 saturated heterocycles. The number of hydrogen-bond acceptors (Lipinski definition) is 4. The van der Waals surface area contributed by atoms with Crippen molar-refractivity contribution in [3.05, 3.63) is 23.8 Å². The van der Waals surface area contributed by atoms with Crippen LogP contribution in [0.1, 0.15) is 5.56 Å². The van der Waals surface area contributed by atoms with Gasteiger partial charge in [-0.05, 0) is 18.2 Å². The van der Waals surface area contributed by atoms with Crippen LogP contribution in [0.5, 0.6) is 11.5 Å². The molecule has 0 fully saturated rings. The summed E-state index contributed by atoms with van der Waals surface area (Å²) in [6, 6.07) is 4.15. The number of carboxylic acid groups (broad SMARTS) is 1. The van der Waals surface area contributed by atoms with E-state index in [-0.39, 0.29) is 12.4 Å². The van der Waals surface area contributed by atoms with Crippen LogP contribution >= 0.6 is 0 Å². The van der Waals surface area contributed by atoms with Crippen molar-refractivity contribution >= 4 is 5.97 Å². The van der Waals surface area contributed by atoms with Crippen molar-refractivity contribution in [1.82, 2.24) is 0 Å². The fourth-order valence-electron chi connectivity index (χ4n) is 0.923. The molecule has 0 aliphatic rings. The van der Waals surface area contributed by atoms with Gasteiger partial charge in [0.2, 0.25) is 0 Å². The zero-order chi connectivity index (χ0) is 10.6. The molecule has 0 amide bonds. The molecule has 0 aliphatic heterocycles. The molecule has 0 aromatic heterocycles. The third-order valence-electron chi connectivity index (χ3n) is 1.58. The Kier molecular flexibility index (Phi) is 3.30. The molecule has 0 heterocycles. The molecule has 0 bridgehead atoms. The number of benzene rings is 1. The Morgan fingerprint density at radius 1 is 1.43 bits per heavy atom. The maximum Gasteiger partial charge on any atom is 0.341 e. The van der Waals surface area contributed by atoms with Crippen molar-refractivity contribution < 1.29 is 24.9 Å². The van der Waals surface area contributed by atoms with E-state index in [0.717, 1.165) is 0 Å². The van der Waals surface area contributed by atoms with E-state index >= 15 is 0 Å². The molecule has 3 N–H and O–H groups in total. The summed E-state index contributed by atoms with van der Waals surface area (Å²) in [5.41, 5.74) is 0.299. The minimum atomic E-state index is -1.08. The second-order valence-corrected chi connectivity index (χ2v) is 2.63. The molecule has 76 valence electrons. The highest BCUT2D eigenvalue weighted by molar-refractivity contribution is 5.68. The fourth-order valence-corrected chi connectivity index (χ4v) is 0.923. The van der Waals surface area contributed by atoms with Crippen LogP contribution in [0.3, 0.4) is 0 Å². The molecule has 5 heteroatoms. The number of phenols is 1. The smallest absolute Gasteiger partial charge is 0.341 e. The van der Waals surface area contributed by atoms with Crippen LogP contribution in [0, 0.1) is 0 Å². The summed E-state index contributed by atoms with van der Waals surface area (Å²) < 4.78 is 4.84. The fraction of sp³-hybridized carbons (Fsp3) is 0.222. The second-order valence-electron chi connectivity index (χ2n) is 2.63. The number of aliphatic hydroxyl groups is 1. The van der Waals surface area contributed by atoms with Gasteiger partial charge in [0.1, 0.15) is 11.5 Å². The Labute approximate surface area is 80.2 Å². The van der Waals surface area contributed by atoms with E-state index < -0.39 is 12.6 Å². The number of aliphatic carboxylic acids is 1. The van der Waals surface area contributed by atoms with Gasteiger partial charge in [0.05, 0.1) is 6.61 Å². The van der Waals surface area contributed by atoms with Gasteiger partial charge in [-0.2, -0.15) is 0 Å². The van der Waals surface area contributed by atoms with E-state index in [0.29, 0.717) is 11.3 Å². The van der Waals surface area contributed by atoms with E-state index in [4.69, 9.17) is 14.9 Å². The molecular weight excluding hydrogens is 188 g/mol. The van der Waals surface area contributed by atoms with Gasteiger partial charge in [0.25, 0.3) is 0 Å². The average Bonchev–Trinajstić information content (AvgIpc) is 2.16. The monoisotopic (exact) mass is 198 g/mol. The lowest BCUT2D eigenvalue weighted by molar-refractivity contribution is -0.139. The highest BCUT2D eigenvalue weighted by Crippen LogP contribution is 2.22. The highest BCUT2D eigenvalue weighted by Gasteiger charge is 2.03. The molecule has 0 atom stereocenters. The van der Waals surface area contributed by atoms with Gasteiger partial charge in [-0.3, -0.25) is 0 Å². The predicted octanol–water partition coefficient (Wildman–Crippen LogP) is 0.348. The van der Waals surface area contributed by atoms with Gasteiger partial charge < -0.3 is 20.1 Å². The summed E-state index contributed by atoms with van der Waals surface area (Å²) in [5, 5.41) is 26.3. The van der Waals surface area contributed by atoms with Crippen molar-refractivity contribution in [2.24, 2.45) is 0 Å². The number of carboxylic acids is 1. The molecule has 1 aromatic rings. The number of hydrogen-bond donors (Lipinski definition) is 3. The Bertz CT molecular complexity index is 334. The molecule has 0 saturated carbocycles. The van der Waals surface area contributed by atoms with Crippen LogP contribution in [-0.2, 0) is 11.4 Å². The summed E-state index contributed by atoms with van der Waals surface area (Å²) in [5.74, 6) is -0.826. The highest BCUT2D eigenvalue weighted by atomic mass is 16.5. The lowest BCUT2D eigenvalue weighted by atomic mass is 10.2. The molecular formula is C9H10O5. The van der Waals surface area contributed by atoms with Gasteiger partial charge in [0, 0.05) is 5.56 Å². The summed E-state index contributed by atoms with van der Waals surface area (Å²) >= 11 is 0. The van der Waals surface area contributed by atoms with Crippen LogP contribution in [0.25, 0.3) is 0 Å². The first-order chi connectivity index (χ1) is 6.63. The van der Waals surface area contributed by atoms with Crippen molar-refractivity contribution in [3.8, 4) is 11.5 Å². The first kappa shape index (κ1) is 10.3. The number of carbonyl (C=O) groups is 1. The van der Waals surface area contributed by atoms with E-state index in [1.807, 2.05) is 0 Å². The molecule has 5 nitrogen and oxygen atoms in total. The predicted molar refractivity (Wildman–Crippen MR) is 47.2 cm³/mol. The summed E-state index contributed by atoms with van der Waals surface area (Å²) in [4.78, 5) is 10.2. The molecule has 1 rings (SSSR count). The molecule has 0 aliphatic carbocycles. The van der Waals surface area contributed by atoms with E-state index in [1.54, 1.807) is 0 Å². The quantitative estimate of drug-likeness (QED) is 0.649. The number of ether oxygens (including phenoxy) is 1. The number of aliphatic hydroxyl groups excluding tert-OH is 1. The molecule has 0 spiro atoms. The lowest BCUT2D eigenvalue weighted by Gasteiger charge is -2.05. The van der Waals surface area contributed by atoms with Crippen LogP contribution in [0.4, 0.5) is 0 Å². The summed E-state index contributed by atoms with van der Waals surface area (Å²) in [7, 11) is 0. The maximum absolute atomic E-state index is 10.2.